The molecule has 4 rings (SSSR count). The highest BCUT2D eigenvalue weighted by atomic mass is 35.5. The first-order valence-corrected chi connectivity index (χ1v) is 9.02. The number of aromatic nitrogens is 1. The predicted molar refractivity (Wildman–Crippen MR) is 121 cm³/mol. The Hall–Kier alpha value is -1.66. The van der Waals surface area contributed by atoms with Crippen molar-refractivity contribution in [3.8, 4) is 11.1 Å². The Morgan fingerprint density at radius 3 is 2.52 bits per heavy atom. The molecule has 2 heterocycles. The highest BCUT2D eigenvalue weighted by Gasteiger charge is 2.20. The number of thiol groups is 1. The molecule has 4 nitrogen and oxygen atoms in total. The molecule has 0 bridgehead atoms. The summed E-state index contributed by atoms with van der Waals surface area (Å²) in [6.45, 7) is 0.737. The van der Waals surface area contributed by atoms with E-state index >= 15 is 0 Å². The minimum absolute atomic E-state index is 0. The van der Waals surface area contributed by atoms with Crippen LogP contribution in [0.15, 0.2) is 54.7 Å². The van der Waals surface area contributed by atoms with Crippen LogP contribution < -0.4 is 11.1 Å². The zero-order chi connectivity index (χ0) is 17.2. The van der Waals surface area contributed by atoms with Gasteiger partial charge in [-0.15, -0.1) is 37.4 Å². The molecule has 0 aliphatic carbocycles. The molecule has 1 aliphatic rings. The largest absolute Gasteiger partial charge is 0.398 e. The highest BCUT2D eigenvalue weighted by molar-refractivity contribution is 7.80. The van der Waals surface area contributed by atoms with Crippen molar-refractivity contribution in [3.63, 3.8) is 0 Å². The molecular weight excluding hydrogens is 401 g/mol. The minimum atomic E-state index is 0. The third kappa shape index (κ3) is 4.79. The minimum Gasteiger partial charge on any atom is -0.398 e. The van der Waals surface area contributed by atoms with E-state index in [-0.39, 0.29) is 30.3 Å². The van der Waals surface area contributed by atoms with E-state index in [1.165, 1.54) is 0 Å². The number of anilines is 2. The van der Waals surface area contributed by atoms with E-state index in [0.29, 0.717) is 6.04 Å². The van der Waals surface area contributed by atoms with E-state index in [4.69, 9.17) is 10.5 Å². The lowest BCUT2D eigenvalue weighted by atomic mass is 9.98. The van der Waals surface area contributed by atoms with E-state index < -0.39 is 0 Å². The van der Waals surface area contributed by atoms with E-state index in [1.54, 1.807) is 0 Å². The number of benzene rings is 2. The monoisotopic (exact) mass is 423 g/mol. The zero-order valence-electron chi connectivity index (χ0n) is 14.7. The predicted octanol–water partition coefficient (Wildman–Crippen LogP) is 5.17. The Balaban J connectivity index is 0.00000131. The number of rotatable bonds is 3. The molecule has 144 valence electrons. The number of ether oxygens (including phenoxy) is 1. The lowest BCUT2D eigenvalue weighted by Gasteiger charge is -2.27. The van der Waals surface area contributed by atoms with Crippen molar-refractivity contribution in [2.24, 2.45) is 0 Å². The quantitative estimate of drug-likeness (QED) is 0.401. The smallest absolute Gasteiger partial charge is 0.126 e. The van der Waals surface area contributed by atoms with Gasteiger partial charge >= 0.3 is 0 Å². The van der Waals surface area contributed by atoms with E-state index in [0.717, 1.165) is 52.9 Å². The number of nitrogens with one attached hydrogen (secondary N) is 1. The summed E-state index contributed by atoms with van der Waals surface area (Å²) in [5.74, 6) is 0.885. The fourth-order valence-electron chi connectivity index (χ4n) is 3.33. The molecule has 1 fully saturated rings. The van der Waals surface area contributed by atoms with E-state index in [2.05, 4.69) is 47.2 Å². The molecule has 0 spiro atoms. The number of hydrogen-bond donors (Lipinski definition) is 3. The van der Waals surface area contributed by atoms with Crippen molar-refractivity contribution in [3.05, 3.63) is 54.7 Å². The van der Waals surface area contributed by atoms with Gasteiger partial charge in [0.05, 0.1) is 6.61 Å². The average Bonchev–Trinajstić information content (AvgIpc) is 2.63. The Labute approximate surface area is 177 Å². The highest BCUT2D eigenvalue weighted by Crippen LogP contribution is 2.32. The van der Waals surface area contributed by atoms with Gasteiger partial charge in [0, 0.05) is 35.3 Å². The molecule has 1 saturated heterocycles. The summed E-state index contributed by atoms with van der Waals surface area (Å²) in [4.78, 5) is 4.60. The second kappa shape index (κ2) is 9.51. The van der Waals surface area contributed by atoms with Crippen LogP contribution in [-0.2, 0) is 4.74 Å². The van der Waals surface area contributed by atoms with Crippen molar-refractivity contribution >= 4 is 59.7 Å². The summed E-state index contributed by atoms with van der Waals surface area (Å²) < 4.78 is 5.47. The van der Waals surface area contributed by atoms with Gasteiger partial charge in [0.15, 0.2) is 0 Å². The van der Waals surface area contributed by atoms with Crippen LogP contribution in [0.5, 0.6) is 0 Å². The van der Waals surface area contributed by atoms with Crippen molar-refractivity contribution < 1.29 is 4.74 Å². The number of fused-ring (bicyclic) bond motifs is 1. The zero-order valence-corrected chi connectivity index (χ0v) is 17.2. The van der Waals surface area contributed by atoms with Crippen LogP contribution in [0.2, 0.25) is 0 Å². The maximum Gasteiger partial charge on any atom is 0.126 e. The van der Waals surface area contributed by atoms with Gasteiger partial charge in [0.2, 0.25) is 0 Å². The van der Waals surface area contributed by atoms with Gasteiger partial charge in [-0.2, -0.15) is 0 Å². The molecule has 0 saturated carbocycles. The maximum absolute atomic E-state index is 6.10. The van der Waals surface area contributed by atoms with Crippen molar-refractivity contribution in [2.75, 3.05) is 17.7 Å². The van der Waals surface area contributed by atoms with Crippen LogP contribution in [0.3, 0.4) is 0 Å². The molecule has 0 amide bonds. The fraction of sp³-hybridized carbons (Fsp3) is 0.250. The Morgan fingerprint density at radius 2 is 1.81 bits per heavy atom. The van der Waals surface area contributed by atoms with Gasteiger partial charge in [-0.3, -0.25) is 0 Å². The number of nitrogens with two attached hydrogens (primary N) is 1. The second-order valence-electron chi connectivity index (χ2n) is 6.37. The number of pyridine rings is 1. The average molecular weight is 424 g/mol. The molecule has 3 N–H and O–H groups in total. The SMILES string of the molecule is Cl.Cl.Nc1ccc(-c2ccc(NC3CCOC(S)C3)nc2)c2ccccc12. The third-order valence-corrected chi connectivity index (χ3v) is 5.01. The molecule has 2 aromatic carbocycles. The van der Waals surface area contributed by atoms with Crippen LogP contribution >= 0.6 is 37.4 Å². The molecule has 1 aromatic heterocycles. The first kappa shape index (κ1) is 21.6. The van der Waals surface area contributed by atoms with Gasteiger partial charge in [0.1, 0.15) is 11.3 Å². The summed E-state index contributed by atoms with van der Waals surface area (Å²) in [7, 11) is 0. The van der Waals surface area contributed by atoms with Gasteiger partial charge in [-0.25, -0.2) is 4.98 Å². The summed E-state index contributed by atoms with van der Waals surface area (Å²) in [6, 6.07) is 16.7. The van der Waals surface area contributed by atoms with E-state index in [9.17, 15) is 0 Å². The maximum atomic E-state index is 6.10. The topological polar surface area (TPSA) is 60.2 Å². The molecule has 3 aromatic rings. The van der Waals surface area contributed by atoms with Gasteiger partial charge in [-0.05, 0) is 35.6 Å². The lowest BCUT2D eigenvalue weighted by Crippen LogP contribution is -2.31. The van der Waals surface area contributed by atoms with Crippen molar-refractivity contribution in [1.29, 1.82) is 0 Å². The normalized spacial score (nSPS) is 19.0. The Kier molecular flexibility index (Phi) is 7.62. The molecule has 2 unspecified atom stereocenters. The van der Waals surface area contributed by atoms with Crippen molar-refractivity contribution in [1.82, 2.24) is 4.98 Å². The molecule has 0 radical (unpaired) electrons. The van der Waals surface area contributed by atoms with Gasteiger partial charge in [0.25, 0.3) is 0 Å². The molecule has 1 aliphatic heterocycles. The first-order valence-electron chi connectivity index (χ1n) is 8.50. The van der Waals surface area contributed by atoms with Crippen LogP contribution in [0.4, 0.5) is 11.5 Å². The lowest BCUT2D eigenvalue weighted by molar-refractivity contribution is 0.0680. The fourth-order valence-corrected chi connectivity index (χ4v) is 3.69. The van der Waals surface area contributed by atoms with Crippen molar-refractivity contribution in [2.45, 2.75) is 24.3 Å². The molecule has 27 heavy (non-hydrogen) atoms. The van der Waals surface area contributed by atoms with Crippen LogP contribution in [-0.4, -0.2) is 23.1 Å². The molecule has 7 heteroatoms. The van der Waals surface area contributed by atoms with Crippen LogP contribution in [0.1, 0.15) is 12.8 Å². The first-order chi connectivity index (χ1) is 12.2. The summed E-state index contributed by atoms with van der Waals surface area (Å²) in [6.07, 6.45) is 3.77. The molecular formula is C20H23Cl2N3OS. The van der Waals surface area contributed by atoms with Crippen LogP contribution in [0, 0.1) is 0 Å². The Morgan fingerprint density at radius 1 is 1.04 bits per heavy atom. The standard InChI is InChI=1S/C20H21N3OS.2ClH/c21-18-7-6-15(16-3-1-2-4-17(16)18)13-5-8-19(22-12-13)23-14-9-10-24-20(25)11-14;;/h1-8,12,14,20,25H,9-11,21H2,(H,22,23);2*1H. The third-order valence-electron chi connectivity index (χ3n) is 4.65. The number of hydrogen-bond acceptors (Lipinski definition) is 5. The number of nitrogen functional groups attached to an aromatic ring is 1. The summed E-state index contributed by atoms with van der Waals surface area (Å²) in [5, 5.41) is 5.70. The second-order valence-corrected chi connectivity index (χ2v) is 6.95. The summed E-state index contributed by atoms with van der Waals surface area (Å²) >= 11 is 4.40. The molecule has 2 atom stereocenters. The van der Waals surface area contributed by atoms with Crippen LogP contribution in [0.25, 0.3) is 21.9 Å². The van der Waals surface area contributed by atoms with Gasteiger partial charge in [-0.1, -0.05) is 30.3 Å². The number of nitrogens with zero attached hydrogens (tertiary/aromatic N) is 1. The summed E-state index contributed by atoms with van der Waals surface area (Å²) in [5.41, 5.74) is 9.13. The Bertz CT molecular complexity index is 892. The van der Waals surface area contributed by atoms with Gasteiger partial charge < -0.3 is 15.8 Å². The number of halogens is 2. The van der Waals surface area contributed by atoms with E-state index in [1.807, 2.05) is 30.5 Å².